The average Bonchev–Trinajstić information content (AvgIpc) is 3.08. The Hall–Kier alpha value is -2.47. The molecule has 126 valence electrons. The van der Waals surface area contributed by atoms with Crippen LogP contribution in [-0.4, -0.2) is 29.0 Å². The number of carbonyl (C=O) groups excluding carboxylic acids is 1. The molecular formula is C18H22N4O2. The van der Waals surface area contributed by atoms with E-state index in [4.69, 9.17) is 4.74 Å². The van der Waals surface area contributed by atoms with Gasteiger partial charge < -0.3 is 15.4 Å². The molecule has 1 aromatic carbocycles. The van der Waals surface area contributed by atoms with E-state index in [0.717, 1.165) is 30.9 Å². The molecule has 2 aromatic rings. The van der Waals surface area contributed by atoms with Crippen LogP contribution in [0.5, 0.6) is 11.8 Å². The van der Waals surface area contributed by atoms with Crippen molar-refractivity contribution in [3.8, 4) is 11.8 Å². The standard InChI is InChI=1S/C18H22N4O2/c1-13-8-11-20-18(21-13)24-16-5-3-15(4-6-16)22-17(23)7-2-14-9-10-19-12-14/h3-6,8,11,14,19H,2,7,9-10,12H2,1H3,(H,22,23). The molecule has 0 spiro atoms. The molecule has 1 amide bonds. The zero-order chi connectivity index (χ0) is 16.8. The number of nitrogens with one attached hydrogen (secondary N) is 2. The fourth-order valence-electron chi connectivity index (χ4n) is 2.71. The lowest BCUT2D eigenvalue weighted by atomic mass is 10.0. The first-order valence-corrected chi connectivity index (χ1v) is 8.27. The number of nitrogens with zero attached hydrogens (tertiary/aromatic N) is 2. The maximum atomic E-state index is 12.0. The minimum atomic E-state index is 0.0533. The van der Waals surface area contributed by atoms with Crippen LogP contribution in [-0.2, 0) is 4.79 Å². The summed E-state index contributed by atoms with van der Waals surface area (Å²) in [5.41, 5.74) is 1.61. The molecule has 0 radical (unpaired) electrons. The minimum absolute atomic E-state index is 0.0533. The lowest BCUT2D eigenvalue weighted by Crippen LogP contribution is -2.14. The Morgan fingerprint density at radius 2 is 2.17 bits per heavy atom. The molecule has 6 nitrogen and oxygen atoms in total. The zero-order valence-corrected chi connectivity index (χ0v) is 13.8. The van der Waals surface area contributed by atoms with Crippen LogP contribution in [0.15, 0.2) is 36.5 Å². The zero-order valence-electron chi connectivity index (χ0n) is 13.8. The Kier molecular flexibility index (Phi) is 5.38. The van der Waals surface area contributed by atoms with E-state index < -0.39 is 0 Å². The summed E-state index contributed by atoms with van der Waals surface area (Å²) in [5, 5.41) is 6.24. The first-order valence-electron chi connectivity index (χ1n) is 8.27. The highest BCUT2D eigenvalue weighted by Crippen LogP contribution is 2.21. The van der Waals surface area contributed by atoms with Gasteiger partial charge in [-0.25, -0.2) is 9.97 Å². The summed E-state index contributed by atoms with van der Waals surface area (Å²) < 4.78 is 5.59. The van der Waals surface area contributed by atoms with E-state index in [1.54, 1.807) is 18.3 Å². The summed E-state index contributed by atoms with van der Waals surface area (Å²) in [6.07, 6.45) is 4.32. The summed E-state index contributed by atoms with van der Waals surface area (Å²) in [6, 6.07) is 9.36. The largest absolute Gasteiger partial charge is 0.424 e. The van der Waals surface area contributed by atoms with E-state index in [0.29, 0.717) is 24.1 Å². The normalized spacial score (nSPS) is 16.8. The highest BCUT2D eigenvalue weighted by Gasteiger charge is 2.15. The van der Waals surface area contributed by atoms with E-state index in [2.05, 4.69) is 20.6 Å². The molecule has 1 saturated heterocycles. The van der Waals surface area contributed by atoms with Crippen LogP contribution in [0.2, 0.25) is 0 Å². The summed E-state index contributed by atoms with van der Waals surface area (Å²) in [6.45, 7) is 3.98. The summed E-state index contributed by atoms with van der Waals surface area (Å²) in [7, 11) is 0. The van der Waals surface area contributed by atoms with Crippen LogP contribution < -0.4 is 15.4 Å². The van der Waals surface area contributed by atoms with Gasteiger partial charge in [0.25, 0.3) is 0 Å². The first kappa shape index (κ1) is 16.4. The number of anilines is 1. The fraction of sp³-hybridized carbons (Fsp3) is 0.389. The maximum Gasteiger partial charge on any atom is 0.322 e. The van der Waals surface area contributed by atoms with Gasteiger partial charge in [0.15, 0.2) is 0 Å². The Morgan fingerprint density at radius 1 is 1.33 bits per heavy atom. The summed E-state index contributed by atoms with van der Waals surface area (Å²) >= 11 is 0. The molecule has 1 aliphatic rings. The highest BCUT2D eigenvalue weighted by molar-refractivity contribution is 5.90. The number of ether oxygens (including phenoxy) is 1. The Morgan fingerprint density at radius 3 is 2.88 bits per heavy atom. The molecule has 0 bridgehead atoms. The predicted molar refractivity (Wildman–Crippen MR) is 92.1 cm³/mol. The predicted octanol–water partition coefficient (Wildman–Crippen LogP) is 2.91. The second-order valence-corrected chi connectivity index (χ2v) is 6.05. The van der Waals surface area contributed by atoms with Crippen molar-refractivity contribution in [3.05, 3.63) is 42.2 Å². The van der Waals surface area contributed by atoms with Gasteiger partial charge in [-0.1, -0.05) is 0 Å². The molecular weight excluding hydrogens is 304 g/mol. The van der Waals surface area contributed by atoms with E-state index in [9.17, 15) is 4.79 Å². The Bertz CT molecular complexity index is 682. The average molecular weight is 326 g/mol. The third-order valence-corrected chi connectivity index (χ3v) is 4.06. The Labute approximate surface area is 141 Å². The smallest absolute Gasteiger partial charge is 0.322 e. The monoisotopic (exact) mass is 326 g/mol. The van der Waals surface area contributed by atoms with Gasteiger partial charge in [0.05, 0.1) is 0 Å². The van der Waals surface area contributed by atoms with Gasteiger partial charge in [-0.3, -0.25) is 4.79 Å². The molecule has 1 aliphatic heterocycles. The van der Waals surface area contributed by atoms with Crippen molar-refractivity contribution in [1.82, 2.24) is 15.3 Å². The van der Waals surface area contributed by atoms with Crippen molar-refractivity contribution in [2.24, 2.45) is 5.92 Å². The van der Waals surface area contributed by atoms with Gasteiger partial charge in [0.2, 0.25) is 5.91 Å². The molecule has 1 atom stereocenters. The third-order valence-electron chi connectivity index (χ3n) is 4.06. The van der Waals surface area contributed by atoms with Gasteiger partial charge in [0.1, 0.15) is 5.75 Å². The van der Waals surface area contributed by atoms with Crippen LogP contribution in [0.3, 0.4) is 0 Å². The lowest BCUT2D eigenvalue weighted by Gasteiger charge is -2.09. The Balaban J connectivity index is 1.49. The number of amides is 1. The fourth-order valence-corrected chi connectivity index (χ4v) is 2.71. The van der Waals surface area contributed by atoms with E-state index in [1.807, 2.05) is 25.1 Å². The van der Waals surface area contributed by atoms with Crippen molar-refractivity contribution < 1.29 is 9.53 Å². The van der Waals surface area contributed by atoms with Crippen LogP contribution in [0.1, 0.15) is 25.0 Å². The maximum absolute atomic E-state index is 12.0. The molecule has 3 rings (SSSR count). The van der Waals surface area contributed by atoms with Crippen molar-refractivity contribution in [3.63, 3.8) is 0 Å². The van der Waals surface area contributed by atoms with Gasteiger partial charge in [-0.2, -0.15) is 0 Å². The van der Waals surface area contributed by atoms with Gasteiger partial charge >= 0.3 is 6.01 Å². The summed E-state index contributed by atoms with van der Waals surface area (Å²) in [4.78, 5) is 20.3. The quantitative estimate of drug-likeness (QED) is 0.853. The molecule has 1 aromatic heterocycles. The number of hydrogen-bond donors (Lipinski definition) is 2. The topological polar surface area (TPSA) is 76.1 Å². The van der Waals surface area contributed by atoms with E-state index in [-0.39, 0.29) is 5.91 Å². The second-order valence-electron chi connectivity index (χ2n) is 6.05. The van der Waals surface area contributed by atoms with E-state index >= 15 is 0 Å². The van der Waals surface area contributed by atoms with Crippen LogP contribution in [0.4, 0.5) is 5.69 Å². The highest BCUT2D eigenvalue weighted by atomic mass is 16.5. The van der Waals surface area contributed by atoms with Crippen molar-refractivity contribution >= 4 is 11.6 Å². The third kappa shape index (κ3) is 4.76. The van der Waals surface area contributed by atoms with Crippen molar-refractivity contribution in [2.45, 2.75) is 26.2 Å². The van der Waals surface area contributed by atoms with Crippen molar-refractivity contribution in [1.29, 1.82) is 0 Å². The summed E-state index contributed by atoms with van der Waals surface area (Å²) in [5.74, 6) is 1.31. The number of benzene rings is 1. The SMILES string of the molecule is Cc1ccnc(Oc2ccc(NC(=O)CCC3CCNC3)cc2)n1. The molecule has 1 unspecified atom stereocenters. The lowest BCUT2D eigenvalue weighted by molar-refractivity contribution is -0.116. The molecule has 2 N–H and O–H groups in total. The molecule has 0 saturated carbocycles. The molecule has 24 heavy (non-hydrogen) atoms. The molecule has 6 heteroatoms. The molecule has 2 heterocycles. The molecule has 1 fully saturated rings. The number of carbonyl (C=O) groups is 1. The van der Waals surface area contributed by atoms with Crippen LogP contribution >= 0.6 is 0 Å². The van der Waals surface area contributed by atoms with Crippen LogP contribution in [0, 0.1) is 12.8 Å². The van der Waals surface area contributed by atoms with Gasteiger partial charge in [0, 0.05) is 24.0 Å². The van der Waals surface area contributed by atoms with Crippen molar-refractivity contribution in [2.75, 3.05) is 18.4 Å². The van der Waals surface area contributed by atoms with Gasteiger partial charge in [-0.05, 0) is 69.1 Å². The number of rotatable bonds is 6. The molecule has 0 aliphatic carbocycles. The number of aryl methyl sites for hydroxylation is 1. The number of aromatic nitrogens is 2. The second kappa shape index (κ2) is 7.88. The van der Waals surface area contributed by atoms with Gasteiger partial charge in [-0.15, -0.1) is 0 Å². The number of hydrogen-bond acceptors (Lipinski definition) is 5. The first-order chi connectivity index (χ1) is 11.7. The van der Waals surface area contributed by atoms with E-state index in [1.165, 1.54) is 6.42 Å². The van der Waals surface area contributed by atoms with Crippen LogP contribution in [0.25, 0.3) is 0 Å². The minimum Gasteiger partial charge on any atom is -0.424 e.